The third kappa shape index (κ3) is 4.39. The Kier molecular flexibility index (Phi) is 6.03. The molecule has 1 aliphatic heterocycles. The van der Waals surface area contributed by atoms with E-state index in [4.69, 9.17) is 9.47 Å². The lowest BCUT2D eigenvalue weighted by molar-refractivity contribution is -0.121. The summed E-state index contributed by atoms with van der Waals surface area (Å²) in [5.74, 6) is 1.52. The van der Waals surface area contributed by atoms with Gasteiger partial charge in [0.05, 0.1) is 0 Å². The van der Waals surface area contributed by atoms with Crippen LogP contribution in [-0.2, 0) is 4.79 Å². The van der Waals surface area contributed by atoms with Crippen molar-refractivity contribution in [3.63, 3.8) is 0 Å². The monoisotopic (exact) mass is 392 g/mol. The molecule has 2 aromatic carbocycles. The van der Waals surface area contributed by atoms with Crippen LogP contribution in [-0.4, -0.2) is 24.2 Å². The van der Waals surface area contributed by atoms with Crippen molar-refractivity contribution < 1.29 is 14.3 Å². The predicted molar refractivity (Wildman–Crippen MR) is 114 cm³/mol. The molecule has 4 rings (SSSR count). The van der Waals surface area contributed by atoms with Crippen LogP contribution in [0.2, 0.25) is 0 Å². The summed E-state index contributed by atoms with van der Waals surface area (Å²) < 4.78 is 11.0. The van der Waals surface area contributed by atoms with E-state index in [0.29, 0.717) is 6.42 Å². The van der Waals surface area contributed by atoms with Crippen molar-refractivity contribution in [1.29, 1.82) is 0 Å². The smallest absolute Gasteiger partial charge is 0.231 e. The van der Waals surface area contributed by atoms with E-state index in [2.05, 4.69) is 29.4 Å². The Hall–Kier alpha value is -2.95. The largest absolute Gasteiger partial charge is 0.454 e. The first-order valence-corrected chi connectivity index (χ1v) is 10.5. The summed E-state index contributed by atoms with van der Waals surface area (Å²) in [7, 11) is 0. The van der Waals surface area contributed by atoms with E-state index in [1.807, 2.05) is 36.5 Å². The molecule has 5 heteroatoms. The number of H-pyrrole nitrogens is 1. The number of rotatable bonds is 9. The number of amides is 1. The molecule has 0 aliphatic carbocycles. The Bertz CT molecular complexity index is 979. The standard InChI is InChI=1S/C24H28N2O3/c1-2-3-4-7-12-25-24(27)14-19(17-10-11-22-23(13-17)29-16-28-22)20-15-26-21-9-6-5-8-18(20)21/h5-6,8-11,13,15,19,26H,2-4,7,12,14,16H2,1H3,(H,25,27)/t19-/m0/s1. The third-order valence-corrected chi connectivity index (χ3v) is 5.54. The first-order valence-electron chi connectivity index (χ1n) is 10.5. The first kappa shape index (κ1) is 19.4. The molecule has 0 saturated heterocycles. The number of aromatic nitrogens is 1. The third-order valence-electron chi connectivity index (χ3n) is 5.54. The number of benzene rings is 2. The van der Waals surface area contributed by atoms with Gasteiger partial charge < -0.3 is 19.8 Å². The van der Waals surface area contributed by atoms with Crippen LogP contribution in [0.5, 0.6) is 11.5 Å². The van der Waals surface area contributed by atoms with Gasteiger partial charge in [-0.3, -0.25) is 4.79 Å². The fourth-order valence-electron chi connectivity index (χ4n) is 3.96. The van der Waals surface area contributed by atoms with Crippen molar-refractivity contribution in [2.45, 2.75) is 44.9 Å². The molecule has 0 spiro atoms. The van der Waals surface area contributed by atoms with Crippen LogP contribution in [0.25, 0.3) is 10.9 Å². The Morgan fingerprint density at radius 3 is 2.86 bits per heavy atom. The highest BCUT2D eigenvalue weighted by atomic mass is 16.7. The summed E-state index contributed by atoms with van der Waals surface area (Å²) in [6, 6.07) is 14.2. The van der Waals surface area contributed by atoms with E-state index in [0.717, 1.165) is 52.9 Å². The van der Waals surface area contributed by atoms with Crippen molar-refractivity contribution in [2.75, 3.05) is 13.3 Å². The van der Waals surface area contributed by atoms with Crippen LogP contribution in [0.3, 0.4) is 0 Å². The van der Waals surface area contributed by atoms with E-state index in [9.17, 15) is 4.79 Å². The summed E-state index contributed by atoms with van der Waals surface area (Å²) in [6.07, 6.45) is 7.02. The maximum Gasteiger partial charge on any atom is 0.231 e. The molecule has 29 heavy (non-hydrogen) atoms. The Morgan fingerprint density at radius 2 is 1.97 bits per heavy atom. The lowest BCUT2D eigenvalue weighted by Gasteiger charge is -2.18. The minimum absolute atomic E-state index is 0.0590. The summed E-state index contributed by atoms with van der Waals surface area (Å²) >= 11 is 0. The number of nitrogens with one attached hydrogen (secondary N) is 2. The van der Waals surface area contributed by atoms with Crippen molar-refractivity contribution in [1.82, 2.24) is 10.3 Å². The number of hydrogen-bond acceptors (Lipinski definition) is 3. The maximum atomic E-state index is 12.7. The molecule has 1 aromatic heterocycles. The molecule has 1 aliphatic rings. The molecule has 0 bridgehead atoms. The molecule has 0 radical (unpaired) electrons. The summed E-state index contributed by atoms with van der Waals surface area (Å²) in [5, 5.41) is 4.24. The molecule has 2 N–H and O–H groups in total. The number of ether oxygens (including phenoxy) is 2. The van der Waals surface area contributed by atoms with Crippen molar-refractivity contribution >= 4 is 16.8 Å². The molecule has 1 amide bonds. The number of unbranched alkanes of at least 4 members (excludes halogenated alkanes) is 3. The van der Waals surface area contributed by atoms with Gasteiger partial charge >= 0.3 is 0 Å². The van der Waals surface area contributed by atoms with Gasteiger partial charge in [-0.05, 0) is 35.7 Å². The molecule has 3 aromatic rings. The predicted octanol–water partition coefficient (Wildman–Crippen LogP) is 5.12. The van der Waals surface area contributed by atoms with Crippen LogP contribution < -0.4 is 14.8 Å². The highest BCUT2D eigenvalue weighted by molar-refractivity contribution is 5.86. The van der Waals surface area contributed by atoms with Crippen molar-refractivity contribution in [2.24, 2.45) is 0 Å². The molecular weight excluding hydrogens is 364 g/mol. The molecule has 0 saturated carbocycles. The zero-order valence-corrected chi connectivity index (χ0v) is 16.9. The van der Waals surface area contributed by atoms with Crippen molar-refractivity contribution in [3.8, 4) is 11.5 Å². The van der Waals surface area contributed by atoms with Gasteiger partial charge in [-0.15, -0.1) is 0 Å². The molecule has 1 atom stereocenters. The van der Waals surface area contributed by atoms with Gasteiger partial charge in [-0.2, -0.15) is 0 Å². The number of fused-ring (bicyclic) bond motifs is 2. The molecular formula is C24H28N2O3. The highest BCUT2D eigenvalue weighted by Gasteiger charge is 2.24. The topological polar surface area (TPSA) is 63.4 Å². The van der Waals surface area contributed by atoms with Gasteiger partial charge in [-0.25, -0.2) is 0 Å². The average Bonchev–Trinajstić information content (AvgIpc) is 3.38. The summed E-state index contributed by atoms with van der Waals surface area (Å²) in [5.41, 5.74) is 3.26. The van der Waals surface area contributed by atoms with Crippen molar-refractivity contribution in [3.05, 3.63) is 59.8 Å². The minimum atomic E-state index is -0.0590. The van der Waals surface area contributed by atoms with Crippen LogP contribution in [0, 0.1) is 0 Å². The van der Waals surface area contributed by atoms with Gasteiger partial charge in [0.1, 0.15) is 0 Å². The van der Waals surface area contributed by atoms with E-state index in [1.165, 1.54) is 12.8 Å². The molecule has 152 valence electrons. The Morgan fingerprint density at radius 1 is 1.10 bits per heavy atom. The Labute approximate surface area is 171 Å². The Balaban J connectivity index is 1.57. The van der Waals surface area contributed by atoms with Crippen LogP contribution in [0.1, 0.15) is 56.1 Å². The van der Waals surface area contributed by atoms with Gasteiger partial charge in [0.15, 0.2) is 11.5 Å². The lowest BCUT2D eigenvalue weighted by Crippen LogP contribution is -2.26. The maximum absolute atomic E-state index is 12.7. The average molecular weight is 392 g/mol. The molecule has 5 nitrogen and oxygen atoms in total. The lowest BCUT2D eigenvalue weighted by atomic mass is 9.87. The first-order chi connectivity index (χ1) is 14.3. The van der Waals surface area contributed by atoms with Gasteiger partial charge in [0, 0.05) is 36.0 Å². The number of carbonyl (C=O) groups is 1. The second-order valence-corrected chi connectivity index (χ2v) is 7.57. The quantitative estimate of drug-likeness (QED) is 0.497. The number of aromatic amines is 1. The SMILES string of the molecule is CCCCCCNC(=O)C[C@@H](c1ccc2c(c1)OCO2)c1c[nH]c2ccccc12. The van der Waals surface area contributed by atoms with Crippen LogP contribution >= 0.6 is 0 Å². The van der Waals surface area contributed by atoms with E-state index in [-0.39, 0.29) is 18.6 Å². The normalized spacial score (nSPS) is 13.6. The van der Waals surface area contributed by atoms with Gasteiger partial charge in [0.25, 0.3) is 0 Å². The van der Waals surface area contributed by atoms with E-state index in [1.54, 1.807) is 0 Å². The number of para-hydroxylation sites is 1. The highest BCUT2D eigenvalue weighted by Crippen LogP contribution is 2.39. The summed E-state index contributed by atoms with van der Waals surface area (Å²) in [6.45, 7) is 3.17. The number of hydrogen-bond donors (Lipinski definition) is 2. The molecule has 0 unspecified atom stereocenters. The van der Waals surface area contributed by atoms with Crippen LogP contribution in [0.15, 0.2) is 48.7 Å². The van der Waals surface area contributed by atoms with Gasteiger partial charge in [-0.1, -0.05) is 50.5 Å². The fourth-order valence-corrected chi connectivity index (χ4v) is 3.96. The fraction of sp³-hybridized carbons (Fsp3) is 0.375. The minimum Gasteiger partial charge on any atom is -0.454 e. The van der Waals surface area contributed by atoms with Crippen LogP contribution in [0.4, 0.5) is 0 Å². The van der Waals surface area contributed by atoms with E-state index < -0.39 is 0 Å². The zero-order chi connectivity index (χ0) is 20.1. The second-order valence-electron chi connectivity index (χ2n) is 7.57. The zero-order valence-electron chi connectivity index (χ0n) is 16.9. The van der Waals surface area contributed by atoms with E-state index >= 15 is 0 Å². The summed E-state index contributed by atoms with van der Waals surface area (Å²) in [4.78, 5) is 16.1. The molecule has 0 fully saturated rings. The van der Waals surface area contributed by atoms with Gasteiger partial charge in [0.2, 0.25) is 12.7 Å². The second kappa shape index (κ2) is 9.03. The number of carbonyl (C=O) groups excluding carboxylic acids is 1. The molecule has 2 heterocycles.